The molecule has 3 heteroatoms. The molecule has 0 heterocycles. The van der Waals surface area contributed by atoms with E-state index in [2.05, 4.69) is 172 Å². The number of benzene rings is 6. The van der Waals surface area contributed by atoms with E-state index in [-0.39, 0.29) is 10.8 Å². The molecular weight excluding hydrogens is 636 g/mol. The molecule has 0 aliphatic carbocycles. The van der Waals surface area contributed by atoms with Crippen LogP contribution in [0.25, 0.3) is 22.3 Å². The van der Waals surface area contributed by atoms with Gasteiger partial charge in [-0.25, -0.2) is 0 Å². The third-order valence-corrected chi connectivity index (χ3v) is 8.33. The Labute approximate surface area is 290 Å². The van der Waals surface area contributed by atoms with Crippen molar-refractivity contribution in [2.45, 2.75) is 52.4 Å². The highest BCUT2D eigenvalue weighted by Crippen LogP contribution is 2.31. The van der Waals surface area contributed by atoms with Crippen LogP contribution in [-0.4, -0.2) is 0 Å². The third-order valence-electron chi connectivity index (χ3n) is 7.80. The second-order valence-electron chi connectivity index (χ2n) is 13.6. The zero-order chi connectivity index (χ0) is 33.9. The van der Waals surface area contributed by atoms with Gasteiger partial charge in [-0.1, -0.05) is 179 Å². The predicted molar refractivity (Wildman–Crippen MR) is 209 cm³/mol. The summed E-state index contributed by atoms with van der Waals surface area (Å²) in [4.78, 5) is 0. The van der Waals surface area contributed by atoms with E-state index in [0.717, 1.165) is 27.1 Å². The smallest absolute Gasteiger partial charge is 0.0463 e. The van der Waals surface area contributed by atoms with Gasteiger partial charge in [0.25, 0.3) is 0 Å². The molecule has 0 spiro atoms. The van der Waals surface area contributed by atoms with Gasteiger partial charge in [0.1, 0.15) is 0 Å². The van der Waals surface area contributed by atoms with E-state index in [1.54, 1.807) is 0 Å². The van der Waals surface area contributed by atoms with E-state index < -0.39 is 0 Å². The molecule has 6 aromatic carbocycles. The molecule has 47 heavy (non-hydrogen) atoms. The average Bonchev–Trinajstić information content (AvgIpc) is 3.06. The van der Waals surface area contributed by atoms with Crippen LogP contribution in [0.15, 0.2) is 162 Å². The molecule has 6 rings (SSSR count). The summed E-state index contributed by atoms with van der Waals surface area (Å²) >= 11 is 3.41. The standard InChI is InChI=1S/C22H23N.C12H11N.C10H13Br/c1-22(2,3)18-13-15-19(16-14-18)23-21-12-8-7-11-20(21)17-9-5-4-6-10-17;13-12-9-5-4-8-11(12)10-6-2-1-3-7-10;1-10(2,3)8-4-6-9(11)7-5-8/h4-16,23H,1-3H3;1-9H,13H2;4-7H,1-3H3. The highest BCUT2D eigenvalue weighted by Gasteiger charge is 2.13. The van der Waals surface area contributed by atoms with E-state index in [9.17, 15) is 0 Å². The second-order valence-corrected chi connectivity index (χ2v) is 14.5. The Morgan fingerprint density at radius 2 is 0.851 bits per heavy atom. The van der Waals surface area contributed by atoms with Crippen LogP contribution in [0, 0.1) is 0 Å². The number of para-hydroxylation sites is 2. The molecule has 0 saturated carbocycles. The predicted octanol–water partition coefficient (Wildman–Crippen LogP) is 13.1. The third kappa shape index (κ3) is 10.7. The van der Waals surface area contributed by atoms with Crippen molar-refractivity contribution in [2.24, 2.45) is 0 Å². The molecule has 0 radical (unpaired) electrons. The van der Waals surface area contributed by atoms with Crippen molar-refractivity contribution in [1.82, 2.24) is 0 Å². The van der Waals surface area contributed by atoms with Gasteiger partial charge in [-0.2, -0.15) is 0 Å². The maximum absolute atomic E-state index is 5.85. The van der Waals surface area contributed by atoms with Crippen molar-refractivity contribution in [3.63, 3.8) is 0 Å². The Morgan fingerprint density at radius 1 is 0.447 bits per heavy atom. The van der Waals surface area contributed by atoms with Gasteiger partial charge in [-0.15, -0.1) is 0 Å². The second kappa shape index (κ2) is 16.3. The lowest BCUT2D eigenvalue weighted by molar-refractivity contribution is 0.590. The zero-order valence-corrected chi connectivity index (χ0v) is 30.1. The Morgan fingerprint density at radius 3 is 1.34 bits per heavy atom. The molecule has 0 bridgehead atoms. The van der Waals surface area contributed by atoms with Crippen LogP contribution >= 0.6 is 15.9 Å². The van der Waals surface area contributed by atoms with E-state index in [1.165, 1.54) is 27.8 Å². The number of halogens is 1. The monoisotopic (exact) mass is 682 g/mol. The van der Waals surface area contributed by atoms with Crippen molar-refractivity contribution < 1.29 is 0 Å². The van der Waals surface area contributed by atoms with Crippen LogP contribution in [0.4, 0.5) is 17.1 Å². The maximum atomic E-state index is 5.85. The summed E-state index contributed by atoms with van der Waals surface area (Å²) in [7, 11) is 0. The summed E-state index contributed by atoms with van der Waals surface area (Å²) in [6, 6.07) is 54.2. The molecule has 0 atom stereocenters. The fraction of sp³-hybridized carbons (Fsp3) is 0.182. The van der Waals surface area contributed by atoms with Crippen molar-refractivity contribution in [2.75, 3.05) is 11.1 Å². The number of nitrogens with two attached hydrogens (primary N) is 1. The largest absolute Gasteiger partial charge is 0.398 e. The summed E-state index contributed by atoms with van der Waals surface area (Å²) in [5.74, 6) is 0. The van der Waals surface area contributed by atoms with Crippen LogP contribution in [0.3, 0.4) is 0 Å². The lowest BCUT2D eigenvalue weighted by atomic mass is 9.87. The number of hydrogen-bond donors (Lipinski definition) is 2. The number of anilines is 3. The number of nitrogen functional groups attached to an aromatic ring is 1. The quantitative estimate of drug-likeness (QED) is 0.182. The lowest BCUT2D eigenvalue weighted by Gasteiger charge is -2.19. The van der Waals surface area contributed by atoms with Crippen LogP contribution in [0.1, 0.15) is 52.7 Å². The number of hydrogen-bond acceptors (Lipinski definition) is 2. The maximum Gasteiger partial charge on any atom is 0.0463 e. The SMILES string of the molecule is CC(C)(C)c1ccc(Br)cc1.CC(C)(C)c1ccc(Nc2ccccc2-c2ccccc2)cc1.Nc1ccccc1-c1ccccc1. The van der Waals surface area contributed by atoms with Crippen LogP contribution in [0.5, 0.6) is 0 Å². The van der Waals surface area contributed by atoms with Crippen molar-refractivity contribution in [3.05, 3.63) is 173 Å². The first-order valence-electron chi connectivity index (χ1n) is 16.1. The fourth-order valence-corrected chi connectivity index (χ4v) is 5.26. The molecule has 0 aliphatic rings. The Bertz CT molecular complexity index is 1800. The van der Waals surface area contributed by atoms with E-state index in [1.807, 2.05) is 48.5 Å². The summed E-state index contributed by atoms with van der Waals surface area (Å²) in [5, 5.41) is 3.55. The van der Waals surface area contributed by atoms with Gasteiger partial charge >= 0.3 is 0 Å². The normalized spacial score (nSPS) is 11.0. The van der Waals surface area contributed by atoms with Gasteiger partial charge in [-0.3, -0.25) is 0 Å². The summed E-state index contributed by atoms with van der Waals surface area (Å²) in [5.41, 5.74) is 16.8. The highest BCUT2D eigenvalue weighted by atomic mass is 79.9. The molecule has 0 saturated heterocycles. The van der Waals surface area contributed by atoms with Crippen LogP contribution < -0.4 is 11.1 Å². The minimum atomic E-state index is 0.181. The summed E-state index contributed by atoms with van der Waals surface area (Å²) in [6.45, 7) is 13.4. The Balaban J connectivity index is 0.000000176. The first-order valence-corrected chi connectivity index (χ1v) is 16.9. The van der Waals surface area contributed by atoms with Crippen molar-refractivity contribution in [1.29, 1.82) is 0 Å². The Kier molecular flexibility index (Phi) is 12.2. The van der Waals surface area contributed by atoms with Gasteiger partial charge in [0, 0.05) is 32.7 Å². The van der Waals surface area contributed by atoms with E-state index in [0.29, 0.717) is 0 Å². The average molecular weight is 684 g/mol. The molecule has 0 aromatic heterocycles. The van der Waals surface area contributed by atoms with E-state index >= 15 is 0 Å². The van der Waals surface area contributed by atoms with Crippen molar-refractivity contribution >= 4 is 33.0 Å². The van der Waals surface area contributed by atoms with Crippen molar-refractivity contribution in [3.8, 4) is 22.3 Å². The molecule has 240 valence electrons. The number of rotatable bonds is 4. The van der Waals surface area contributed by atoms with Gasteiger partial charge in [-0.05, 0) is 69.5 Å². The van der Waals surface area contributed by atoms with Gasteiger partial charge in [0.15, 0.2) is 0 Å². The van der Waals surface area contributed by atoms with Crippen LogP contribution in [-0.2, 0) is 10.8 Å². The Hall–Kier alpha value is -4.60. The topological polar surface area (TPSA) is 38.0 Å². The molecule has 0 amide bonds. The molecule has 2 nitrogen and oxygen atoms in total. The summed E-state index contributed by atoms with van der Waals surface area (Å²) < 4.78 is 1.14. The summed E-state index contributed by atoms with van der Waals surface area (Å²) in [6.07, 6.45) is 0. The number of nitrogens with one attached hydrogen (secondary N) is 1. The van der Waals surface area contributed by atoms with Gasteiger partial charge < -0.3 is 11.1 Å². The zero-order valence-electron chi connectivity index (χ0n) is 28.5. The molecule has 3 N–H and O–H groups in total. The molecule has 6 aromatic rings. The first kappa shape index (κ1) is 35.3. The molecule has 0 fully saturated rings. The van der Waals surface area contributed by atoms with Gasteiger partial charge in [0.05, 0.1) is 0 Å². The first-order chi connectivity index (χ1) is 22.4. The molecule has 0 unspecified atom stereocenters. The minimum absolute atomic E-state index is 0.181. The fourth-order valence-electron chi connectivity index (χ4n) is 5.00. The molecule has 0 aliphatic heterocycles. The minimum Gasteiger partial charge on any atom is -0.398 e. The van der Waals surface area contributed by atoms with Gasteiger partial charge in [0.2, 0.25) is 0 Å². The van der Waals surface area contributed by atoms with Crippen LogP contribution in [0.2, 0.25) is 0 Å². The lowest BCUT2D eigenvalue weighted by Crippen LogP contribution is -2.10. The highest BCUT2D eigenvalue weighted by molar-refractivity contribution is 9.10. The van der Waals surface area contributed by atoms with E-state index in [4.69, 9.17) is 5.73 Å². The molecular formula is C44H47BrN2.